The summed E-state index contributed by atoms with van der Waals surface area (Å²) in [5.41, 5.74) is 3.53. The van der Waals surface area contributed by atoms with Crippen LogP contribution in [0.1, 0.15) is 19.5 Å². The normalized spacial score (nSPS) is 23.4. The van der Waals surface area contributed by atoms with E-state index in [-0.39, 0.29) is 18.8 Å². The van der Waals surface area contributed by atoms with E-state index in [4.69, 9.17) is 22.1 Å². The topological polar surface area (TPSA) is 75.4 Å². The molecule has 0 unspecified atom stereocenters. The van der Waals surface area contributed by atoms with Crippen LogP contribution in [0.2, 0.25) is 0 Å². The van der Waals surface area contributed by atoms with Gasteiger partial charge < -0.3 is 20.2 Å². The lowest BCUT2D eigenvalue weighted by Gasteiger charge is -2.36. The summed E-state index contributed by atoms with van der Waals surface area (Å²) in [6.07, 6.45) is 2.04. The zero-order chi connectivity index (χ0) is 13.8. The summed E-state index contributed by atoms with van der Waals surface area (Å²) in [7, 11) is 0. The van der Waals surface area contributed by atoms with Crippen LogP contribution in [0.15, 0.2) is 6.20 Å². The molecule has 2 N–H and O–H groups in total. The minimum Gasteiger partial charge on any atom is -0.394 e. The van der Waals surface area contributed by atoms with E-state index in [1.807, 2.05) is 13.8 Å². The highest BCUT2D eigenvalue weighted by molar-refractivity contribution is 7.80. The van der Waals surface area contributed by atoms with Crippen LogP contribution in [0.3, 0.4) is 0 Å². The second-order valence-electron chi connectivity index (χ2n) is 4.65. The minimum absolute atomic E-state index is 0.0398. The van der Waals surface area contributed by atoms with Gasteiger partial charge in [-0.05, 0) is 19.1 Å². The molecule has 1 aliphatic heterocycles. The van der Waals surface area contributed by atoms with Gasteiger partial charge in [0.1, 0.15) is 10.7 Å². The average molecular weight is 285 g/mol. The number of nitrogens with one attached hydrogen (secondary N) is 1. The first kappa shape index (κ1) is 14.2. The smallest absolute Gasteiger partial charge is 0.142 e. The second-order valence-corrected chi connectivity index (χ2v) is 5.03. The van der Waals surface area contributed by atoms with Gasteiger partial charge in [0, 0.05) is 13.1 Å². The molecule has 1 saturated heterocycles. The molecule has 106 valence electrons. The summed E-state index contributed by atoms with van der Waals surface area (Å²) in [6, 6.07) is 0. The Morgan fingerprint density at radius 3 is 2.84 bits per heavy atom. The summed E-state index contributed by atoms with van der Waals surface area (Å²) >= 11 is 5.45. The van der Waals surface area contributed by atoms with E-state index in [9.17, 15) is 0 Å². The van der Waals surface area contributed by atoms with Crippen LogP contribution in [-0.2, 0) is 4.74 Å². The molecule has 0 amide bonds. The molecule has 7 nitrogen and oxygen atoms in total. The highest BCUT2D eigenvalue weighted by atomic mass is 32.1. The summed E-state index contributed by atoms with van der Waals surface area (Å²) in [5, 5.41) is 16.7. The van der Waals surface area contributed by atoms with Crippen molar-refractivity contribution in [3.63, 3.8) is 0 Å². The lowest BCUT2D eigenvalue weighted by molar-refractivity contribution is -0.0472. The second kappa shape index (κ2) is 6.27. The van der Waals surface area contributed by atoms with E-state index in [1.54, 1.807) is 6.20 Å². The predicted molar refractivity (Wildman–Crippen MR) is 74.6 cm³/mol. The zero-order valence-corrected chi connectivity index (χ0v) is 11.9. The van der Waals surface area contributed by atoms with Crippen molar-refractivity contribution in [2.24, 2.45) is 0 Å². The number of rotatable bonds is 4. The molecule has 0 spiro atoms. The lowest BCUT2D eigenvalue weighted by Crippen LogP contribution is -2.47. The van der Waals surface area contributed by atoms with Gasteiger partial charge in [0.2, 0.25) is 0 Å². The van der Waals surface area contributed by atoms with Crippen LogP contribution in [0, 0.1) is 0 Å². The van der Waals surface area contributed by atoms with Crippen molar-refractivity contribution in [3.8, 4) is 0 Å². The number of aliphatic hydroxyl groups excluding tert-OH is 1. The van der Waals surface area contributed by atoms with Crippen LogP contribution in [0.25, 0.3) is 0 Å². The molecule has 1 aromatic heterocycles. The zero-order valence-electron chi connectivity index (χ0n) is 11.1. The molecule has 1 fully saturated rings. The first-order chi connectivity index (χ1) is 9.10. The van der Waals surface area contributed by atoms with E-state index in [0.717, 1.165) is 13.1 Å². The molecule has 2 heterocycles. The van der Waals surface area contributed by atoms with Crippen LogP contribution in [-0.4, -0.2) is 68.5 Å². The lowest BCUT2D eigenvalue weighted by atomic mass is 10.2. The highest BCUT2D eigenvalue weighted by Gasteiger charge is 2.25. The van der Waals surface area contributed by atoms with Gasteiger partial charge in [0.25, 0.3) is 0 Å². The number of ether oxygens (including phenoxy) is 1. The van der Waals surface area contributed by atoms with Gasteiger partial charge in [0.15, 0.2) is 0 Å². The van der Waals surface area contributed by atoms with Crippen molar-refractivity contribution in [1.29, 1.82) is 0 Å². The summed E-state index contributed by atoms with van der Waals surface area (Å²) < 4.78 is 5.68. The Kier molecular flexibility index (Phi) is 4.67. The molecule has 0 aromatic carbocycles. The fraction of sp³-hybridized carbons (Fsp3) is 0.727. The number of thiocarbonyl (C=S) groups is 1. The Labute approximate surface area is 117 Å². The van der Waals surface area contributed by atoms with Gasteiger partial charge >= 0.3 is 0 Å². The maximum Gasteiger partial charge on any atom is 0.142 e. The molecule has 0 bridgehead atoms. The van der Waals surface area contributed by atoms with Gasteiger partial charge in [-0.15, -0.1) is 5.10 Å². The van der Waals surface area contributed by atoms with Crippen molar-refractivity contribution in [2.45, 2.75) is 26.1 Å². The predicted octanol–water partition coefficient (Wildman–Crippen LogP) is -0.401. The molecular formula is C11H19N5O2S. The first-order valence-electron chi connectivity index (χ1n) is 6.32. The molecule has 2 atom stereocenters. The van der Waals surface area contributed by atoms with Gasteiger partial charge in [-0.3, -0.25) is 0 Å². The number of nitrogens with zero attached hydrogens (tertiary/aromatic N) is 4. The third-order valence-corrected chi connectivity index (χ3v) is 3.27. The maximum atomic E-state index is 8.73. The number of morpholine rings is 1. The van der Waals surface area contributed by atoms with Crippen molar-refractivity contribution in [3.05, 3.63) is 11.9 Å². The van der Waals surface area contributed by atoms with Crippen LogP contribution >= 0.6 is 12.2 Å². The van der Waals surface area contributed by atoms with Crippen LogP contribution < -0.4 is 5.43 Å². The molecule has 1 aromatic rings. The van der Waals surface area contributed by atoms with E-state index >= 15 is 0 Å². The number of hydrogen-bond acceptors (Lipinski definition) is 6. The van der Waals surface area contributed by atoms with Gasteiger partial charge in [-0.1, -0.05) is 12.2 Å². The third kappa shape index (κ3) is 3.62. The molecule has 8 heteroatoms. The Morgan fingerprint density at radius 1 is 1.53 bits per heavy atom. The monoisotopic (exact) mass is 285 g/mol. The molecule has 0 radical (unpaired) electrons. The van der Waals surface area contributed by atoms with Crippen molar-refractivity contribution >= 4 is 17.2 Å². The van der Waals surface area contributed by atoms with Gasteiger partial charge in [0.05, 0.1) is 31.6 Å². The van der Waals surface area contributed by atoms with Gasteiger partial charge in [-0.25, -0.2) is 0 Å². The minimum atomic E-state index is 0.0398. The Bertz CT molecular complexity index is 428. The molecule has 19 heavy (non-hydrogen) atoms. The summed E-state index contributed by atoms with van der Waals surface area (Å²) in [5.74, 6) is 0. The number of hydrogen-bond donors (Lipinski definition) is 2. The standard InChI is InChI=1S/C11H19N5O2S/c1-8-5-15(6-9(2)18-8)11(19)10-7-16(14-13-10)12-3-4-17/h7-9,12,17H,3-6H2,1-2H3/t8-,9-/m1/s1. The Balaban J connectivity index is 2.00. The van der Waals surface area contributed by atoms with Crippen molar-refractivity contribution in [2.75, 3.05) is 31.7 Å². The molecule has 2 rings (SSSR count). The Morgan fingerprint density at radius 2 is 2.21 bits per heavy atom. The maximum absolute atomic E-state index is 8.73. The Hall–Kier alpha value is -1.25. The fourth-order valence-corrected chi connectivity index (χ4v) is 2.35. The van der Waals surface area contributed by atoms with Crippen LogP contribution in [0.4, 0.5) is 0 Å². The molecule has 1 aliphatic rings. The van der Waals surface area contributed by atoms with E-state index in [2.05, 4.69) is 20.6 Å². The van der Waals surface area contributed by atoms with Crippen LogP contribution in [0.5, 0.6) is 0 Å². The number of aromatic nitrogens is 3. The van der Waals surface area contributed by atoms with E-state index in [0.29, 0.717) is 17.2 Å². The van der Waals surface area contributed by atoms with E-state index in [1.165, 1.54) is 4.79 Å². The first-order valence-corrected chi connectivity index (χ1v) is 6.72. The SMILES string of the molecule is C[C@@H]1CN(C(=S)c2cn(NCCO)nn2)C[C@@H](C)O1. The summed E-state index contributed by atoms with van der Waals surface area (Å²) in [4.78, 5) is 4.23. The highest BCUT2D eigenvalue weighted by Crippen LogP contribution is 2.13. The quantitative estimate of drug-likeness (QED) is 0.729. The van der Waals surface area contributed by atoms with E-state index < -0.39 is 0 Å². The van der Waals surface area contributed by atoms with Crippen molar-refractivity contribution in [1.82, 2.24) is 20.0 Å². The molecular weight excluding hydrogens is 266 g/mol. The molecule has 0 saturated carbocycles. The average Bonchev–Trinajstić information content (AvgIpc) is 2.83. The van der Waals surface area contributed by atoms with Gasteiger partial charge in [-0.2, -0.15) is 4.79 Å². The third-order valence-electron chi connectivity index (χ3n) is 2.80. The van der Waals surface area contributed by atoms with Crippen molar-refractivity contribution < 1.29 is 9.84 Å². The fourth-order valence-electron chi connectivity index (χ4n) is 2.11. The largest absolute Gasteiger partial charge is 0.394 e. The summed E-state index contributed by atoms with van der Waals surface area (Å²) in [6.45, 7) is 6.05. The molecule has 0 aliphatic carbocycles. The number of aliphatic hydroxyl groups is 1.